The zero-order valence-corrected chi connectivity index (χ0v) is 23.8. The van der Waals surface area contributed by atoms with Gasteiger partial charge in [0.1, 0.15) is 0 Å². The predicted molar refractivity (Wildman–Crippen MR) is 156 cm³/mol. The summed E-state index contributed by atoms with van der Waals surface area (Å²) in [5.74, 6) is 0.890. The van der Waals surface area contributed by atoms with Crippen LogP contribution in [0.25, 0.3) is 11.4 Å². The summed E-state index contributed by atoms with van der Waals surface area (Å²) in [6.07, 6.45) is 28.1. The highest BCUT2D eigenvalue weighted by atomic mass is 16.5. The van der Waals surface area contributed by atoms with Crippen LogP contribution < -0.4 is 4.74 Å². The Morgan fingerprint density at radius 2 is 1.08 bits per heavy atom. The average Bonchev–Trinajstić information content (AvgIpc) is 2.92. The molecule has 0 radical (unpaired) electrons. The highest BCUT2D eigenvalue weighted by molar-refractivity contribution is 5.72. The van der Waals surface area contributed by atoms with Gasteiger partial charge in [0.15, 0.2) is 11.6 Å². The average molecular weight is 509 g/mol. The zero-order chi connectivity index (χ0) is 26.4. The molecule has 0 fully saturated rings. The molecule has 37 heavy (non-hydrogen) atoms. The first kappa shape index (κ1) is 31.0. The molecule has 1 aromatic heterocycles. The molecule has 0 aliphatic rings. The number of aromatic nitrogens is 2. The summed E-state index contributed by atoms with van der Waals surface area (Å²) in [4.78, 5) is 21.0. The van der Waals surface area contributed by atoms with E-state index in [-0.39, 0.29) is 5.97 Å². The summed E-state index contributed by atoms with van der Waals surface area (Å²) in [5.41, 5.74) is 2.36. The second-order valence-corrected chi connectivity index (χ2v) is 10.6. The van der Waals surface area contributed by atoms with Crippen molar-refractivity contribution in [2.24, 2.45) is 0 Å². The quantitative estimate of drug-likeness (QED) is 0.117. The van der Waals surface area contributed by atoms with Crippen LogP contribution in [-0.2, 0) is 11.2 Å². The Balaban J connectivity index is 1.58. The van der Waals surface area contributed by atoms with Gasteiger partial charge >= 0.3 is 5.97 Å². The van der Waals surface area contributed by atoms with Crippen LogP contribution in [0.2, 0.25) is 0 Å². The number of hydrogen-bond acceptors (Lipinski definition) is 4. The van der Waals surface area contributed by atoms with Crippen LogP contribution in [0.5, 0.6) is 5.75 Å². The van der Waals surface area contributed by atoms with E-state index < -0.39 is 0 Å². The van der Waals surface area contributed by atoms with E-state index in [0.717, 1.165) is 24.8 Å². The molecule has 0 unspecified atom stereocenters. The third-order valence-electron chi connectivity index (χ3n) is 7.13. The summed E-state index contributed by atoms with van der Waals surface area (Å²) in [7, 11) is 0. The van der Waals surface area contributed by atoms with Crippen molar-refractivity contribution in [3.63, 3.8) is 0 Å². The van der Waals surface area contributed by atoms with Gasteiger partial charge < -0.3 is 4.74 Å². The number of unbranched alkanes of at least 4 members (excludes halogenated alkanes) is 16. The lowest BCUT2D eigenvalue weighted by Gasteiger charge is -2.06. The van der Waals surface area contributed by atoms with Crippen LogP contribution in [0.15, 0.2) is 36.7 Å². The highest BCUT2D eigenvalue weighted by Crippen LogP contribution is 2.19. The van der Waals surface area contributed by atoms with Crippen molar-refractivity contribution in [2.45, 2.75) is 142 Å². The maximum Gasteiger partial charge on any atom is 0.311 e. The number of ether oxygens (including phenoxy) is 1. The first-order valence-corrected chi connectivity index (χ1v) is 15.3. The van der Waals surface area contributed by atoms with E-state index >= 15 is 0 Å². The van der Waals surface area contributed by atoms with E-state index in [2.05, 4.69) is 48.1 Å². The molecule has 2 rings (SSSR count). The fourth-order valence-corrected chi connectivity index (χ4v) is 4.74. The number of nitrogens with zero attached hydrogens (tertiary/aromatic N) is 2. The van der Waals surface area contributed by atoms with E-state index in [1.54, 1.807) is 12.4 Å². The summed E-state index contributed by atoms with van der Waals surface area (Å²) in [5, 5.41) is 0. The van der Waals surface area contributed by atoms with Crippen molar-refractivity contribution in [3.8, 4) is 17.1 Å². The molecule has 1 aromatic carbocycles. The van der Waals surface area contributed by atoms with Crippen molar-refractivity contribution in [1.82, 2.24) is 9.97 Å². The van der Waals surface area contributed by atoms with Crippen molar-refractivity contribution >= 4 is 5.97 Å². The molecule has 206 valence electrons. The summed E-state index contributed by atoms with van der Waals surface area (Å²) < 4.78 is 5.43. The Hall–Kier alpha value is -2.23. The molecule has 0 saturated heterocycles. The third kappa shape index (κ3) is 14.9. The van der Waals surface area contributed by atoms with Gasteiger partial charge in [0.05, 0.1) is 12.4 Å². The fraction of sp³-hybridized carbons (Fsp3) is 0.667. The molecular weight excluding hydrogens is 456 g/mol. The normalized spacial score (nSPS) is 11.1. The third-order valence-corrected chi connectivity index (χ3v) is 7.13. The molecule has 0 N–H and O–H groups in total. The molecule has 0 aliphatic heterocycles. The minimum atomic E-state index is -0.193. The summed E-state index contributed by atoms with van der Waals surface area (Å²) in [6.45, 7) is 4.52. The van der Waals surface area contributed by atoms with Crippen LogP contribution >= 0.6 is 0 Å². The van der Waals surface area contributed by atoms with E-state index in [9.17, 15) is 4.79 Å². The molecule has 0 amide bonds. The Kier molecular flexibility index (Phi) is 17.4. The largest absolute Gasteiger partial charge is 0.423 e. The number of aryl methyl sites for hydroxylation is 1. The van der Waals surface area contributed by atoms with Gasteiger partial charge in [-0.15, -0.1) is 0 Å². The first-order valence-electron chi connectivity index (χ1n) is 15.3. The van der Waals surface area contributed by atoms with E-state index in [4.69, 9.17) is 4.74 Å². The number of carbonyl (C=O) groups excluding carboxylic acids is 1. The zero-order valence-electron chi connectivity index (χ0n) is 23.8. The van der Waals surface area contributed by atoms with Gasteiger partial charge in [0.25, 0.3) is 0 Å². The van der Waals surface area contributed by atoms with Gasteiger partial charge in [0, 0.05) is 12.0 Å². The number of rotatable bonds is 22. The monoisotopic (exact) mass is 508 g/mol. The molecule has 4 heteroatoms. The highest BCUT2D eigenvalue weighted by Gasteiger charge is 2.07. The SMILES string of the molecule is CCCCCCCCCCCCC(=O)Oc1cnc(-c2ccc(CCCCCCCCCC)cc2)nc1. The Labute approximate surface area is 227 Å². The van der Waals surface area contributed by atoms with Gasteiger partial charge in [-0.05, 0) is 24.8 Å². The maximum absolute atomic E-state index is 12.1. The molecule has 0 aliphatic carbocycles. The molecular formula is C33H52N2O2. The van der Waals surface area contributed by atoms with Crippen molar-refractivity contribution in [2.75, 3.05) is 0 Å². The van der Waals surface area contributed by atoms with Crippen molar-refractivity contribution < 1.29 is 9.53 Å². The molecule has 2 aromatic rings. The van der Waals surface area contributed by atoms with E-state index in [1.807, 2.05) is 0 Å². The van der Waals surface area contributed by atoms with E-state index in [0.29, 0.717) is 18.0 Å². The van der Waals surface area contributed by atoms with Crippen LogP contribution in [-0.4, -0.2) is 15.9 Å². The second kappa shape index (κ2) is 20.8. The van der Waals surface area contributed by atoms with Crippen LogP contribution in [0, 0.1) is 0 Å². The fourth-order valence-electron chi connectivity index (χ4n) is 4.74. The van der Waals surface area contributed by atoms with Crippen LogP contribution in [0.1, 0.15) is 141 Å². The number of hydrogen-bond donors (Lipinski definition) is 0. The lowest BCUT2D eigenvalue weighted by molar-refractivity contribution is -0.134. The Bertz CT molecular complexity index is 817. The molecule has 0 saturated carbocycles. The van der Waals surface area contributed by atoms with Gasteiger partial charge in [-0.3, -0.25) is 4.79 Å². The lowest BCUT2D eigenvalue weighted by atomic mass is 10.0. The molecule has 1 heterocycles. The molecule has 0 bridgehead atoms. The topological polar surface area (TPSA) is 52.1 Å². The minimum absolute atomic E-state index is 0.193. The summed E-state index contributed by atoms with van der Waals surface area (Å²) in [6, 6.07) is 8.54. The van der Waals surface area contributed by atoms with Crippen molar-refractivity contribution in [3.05, 3.63) is 42.2 Å². The Morgan fingerprint density at radius 3 is 1.59 bits per heavy atom. The Morgan fingerprint density at radius 1 is 0.622 bits per heavy atom. The molecule has 0 atom stereocenters. The number of esters is 1. The van der Waals surface area contributed by atoms with Gasteiger partial charge in [-0.2, -0.15) is 0 Å². The maximum atomic E-state index is 12.1. The smallest absolute Gasteiger partial charge is 0.311 e. The van der Waals surface area contributed by atoms with Crippen LogP contribution in [0.4, 0.5) is 0 Å². The lowest BCUT2D eigenvalue weighted by Crippen LogP contribution is -2.08. The van der Waals surface area contributed by atoms with Gasteiger partial charge in [-0.1, -0.05) is 141 Å². The number of carbonyl (C=O) groups is 1. The van der Waals surface area contributed by atoms with Crippen molar-refractivity contribution in [1.29, 1.82) is 0 Å². The van der Waals surface area contributed by atoms with Crippen LogP contribution in [0.3, 0.4) is 0 Å². The standard InChI is InChI=1S/C33H52N2O2/c1-3-5-7-9-11-13-14-16-18-20-22-32(36)37-31-27-34-33(35-28-31)30-25-23-29(24-26-30)21-19-17-15-12-10-8-6-4-2/h23-28H,3-22H2,1-2H3. The molecule has 4 nitrogen and oxygen atoms in total. The van der Waals surface area contributed by atoms with Gasteiger partial charge in [0.2, 0.25) is 0 Å². The minimum Gasteiger partial charge on any atom is -0.423 e. The second-order valence-electron chi connectivity index (χ2n) is 10.6. The summed E-state index contributed by atoms with van der Waals surface area (Å²) >= 11 is 0. The van der Waals surface area contributed by atoms with E-state index in [1.165, 1.54) is 108 Å². The predicted octanol–water partition coefficient (Wildman–Crippen LogP) is 10.0. The first-order chi connectivity index (χ1) is 18.2. The van der Waals surface area contributed by atoms with Gasteiger partial charge in [-0.25, -0.2) is 9.97 Å². The molecule has 0 spiro atoms. The number of benzene rings is 1.